The van der Waals surface area contributed by atoms with Crippen molar-refractivity contribution >= 4 is 19.8 Å². The van der Waals surface area contributed by atoms with Crippen LogP contribution in [0.1, 0.15) is 168 Å². The van der Waals surface area contributed by atoms with Crippen LogP contribution < -0.4 is 0 Å². The minimum absolute atomic E-state index is 0.0573. The molecule has 0 aliphatic carbocycles. The normalized spacial score (nSPS) is 14.5. The van der Waals surface area contributed by atoms with E-state index in [9.17, 15) is 24.2 Å². The topological polar surface area (TPSA) is 149 Å². The van der Waals surface area contributed by atoms with Gasteiger partial charge in [0.1, 0.15) is 12.7 Å². The smallest absolute Gasteiger partial charge is 0.462 e. The molecule has 11 heteroatoms. The molecule has 10 nitrogen and oxygen atoms in total. The van der Waals surface area contributed by atoms with E-state index in [1.54, 1.807) is 0 Å². The van der Waals surface area contributed by atoms with Crippen LogP contribution in [0.2, 0.25) is 0 Å². The van der Waals surface area contributed by atoms with Gasteiger partial charge in [0.2, 0.25) is 0 Å². The Kier molecular flexibility index (Phi) is 39.7. The lowest BCUT2D eigenvalue weighted by Gasteiger charge is -2.20. The van der Waals surface area contributed by atoms with Gasteiger partial charge in [-0.2, -0.15) is 0 Å². The molecule has 0 spiro atoms. The van der Waals surface area contributed by atoms with E-state index in [2.05, 4.69) is 79.1 Å². The fourth-order valence-corrected chi connectivity index (χ4v) is 6.34. The first-order chi connectivity index (χ1) is 27.7. The molecule has 0 saturated heterocycles. The van der Waals surface area contributed by atoms with Crippen molar-refractivity contribution in [1.29, 1.82) is 0 Å². The number of unbranched alkanes of at least 4 members (excludes halogenated alkanes) is 14. The van der Waals surface area contributed by atoms with Crippen LogP contribution >= 0.6 is 7.82 Å². The Labute approximate surface area is 346 Å². The maximum Gasteiger partial charge on any atom is 0.472 e. The quantitative estimate of drug-likeness (QED) is 0.0236. The second-order valence-corrected chi connectivity index (χ2v) is 15.8. The highest BCUT2D eigenvalue weighted by Crippen LogP contribution is 2.43. The second-order valence-electron chi connectivity index (χ2n) is 14.3. The number of rotatable bonds is 40. The summed E-state index contributed by atoms with van der Waals surface area (Å²) in [5.74, 6) is -1.02. The molecule has 0 saturated carbocycles. The molecule has 0 fully saturated rings. The van der Waals surface area contributed by atoms with Crippen LogP contribution in [-0.4, -0.2) is 65.7 Å². The number of hydrogen-bond donors (Lipinski definition) is 3. The molecule has 57 heavy (non-hydrogen) atoms. The van der Waals surface area contributed by atoms with Crippen LogP contribution in [0.15, 0.2) is 72.9 Å². The number of ether oxygens (including phenoxy) is 2. The summed E-state index contributed by atoms with van der Waals surface area (Å²) in [5.41, 5.74) is 0. The van der Waals surface area contributed by atoms with Gasteiger partial charge in [0.05, 0.1) is 19.8 Å². The van der Waals surface area contributed by atoms with Crippen molar-refractivity contribution in [3.05, 3.63) is 72.9 Å². The molecule has 3 atom stereocenters. The summed E-state index contributed by atoms with van der Waals surface area (Å²) < 4.78 is 32.6. The lowest BCUT2D eigenvalue weighted by Crippen LogP contribution is -2.29. The number of phosphoric ester groups is 1. The van der Waals surface area contributed by atoms with Crippen LogP contribution in [0.3, 0.4) is 0 Å². The Balaban J connectivity index is 4.43. The third-order valence-corrected chi connectivity index (χ3v) is 9.84. The fourth-order valence-electron chi connectivity index (χ4n) is 5.55. The predicted molar refractivity (Wildman–Crippen MR) is 233 cm³/mol. The lowest BCUT2D eigenvalue weighted by atomic mass is 10.0. The number of aliphatic hydroxyl groups is 2. The summed E-state index contributed by atoms with van der Waals surface area (Å²) in [4.78, 5) is 35.0. The van der Waals surface area contributed by atoms with Gasteiger partial charge in [-0.05, 0) is 51.4 Å². The Bertz CT molecular complexity index is 1180. The summed E-state index contributed by atoms with van der Waals surface area (Å²) in [6.45, 7) is 2.18. The molecule has 3 N–H and O–H groups in total. The summed E-state index contributed by atoms with van der Waals surface area (Å²) >= 11 is 0. The van der Waals surface area contributed by atoms with E-state index in [0.717, 1.165) is 57.8 Å². The van der Waals surface area contributed by atoms with E-state index in [1.807, 2.05) is 12.2 Å². The van der Waals surface area contributed by atoms with Crippen molar-refractivity contribution < 1.29 is 47.8 Å². The highest BCUT2D eigenvalue weighted by Gasteiger charge is 2.27. The zero-order chi connectivity index (χ0) is 41.9. The van der Waals surface area contributed by atoms with E-state index in [4.69, 9.17) is 19.1 Å². The summed E-state index contributed by atoms with van der Waals surface area (Å²) in [6.07, 6.45) is 47.4. The number of esters is 2. The molecule has 0 aliphatic rings. The largest absolute Gasteiger partial charge is 0.472 e. The monoisotopic (exact) mass is 823 g/mol. The average molecular weight is 823 g/mol. The molecule has 0 aliphatic heterocycles. The van der Waals surface area contributed by atoms with Crippen LogP contribution in [0.5, 0.6) is 0 Å². The molecule has 328 valence electrons. The Morgan fingerprint density at radius 2 is 0.965 bits per heavy atom. The van der Waals surface area contributed by atoms with Crippen molar-refractivity contribution in [2.75, 3.05) is 26.4 Å². The third-order valence-electron chi connectivity index (χ3n) is 8.89. The summed E-state index contributed by atoms with van der Waals surface area (Å²) in [7, 11) is -4.64. The average Bonchev–Trinajstić information content (AvgIpc) is 3.20. The molecule has 0 radical (unpaired) electrons. The van der Waals surface area contributed by atoms with Crippen molar-refractivity contribution in [3.8, 4) is 0 Å². The van der Waals surface area contributed by atoms with Crippen molar-refractivity contribution in [2.24, 2.45) is 0 Å². The number of carbonyl (C=O) groups excluding carboxylic acids is 2. The van der Waals surface area contributed by atoms with E-state index < -0.39 is 51.8 Å². The highest BCUT2D eigenvalue weighted by molar-refractivity contribution is 7.47. The predicted octanol–water partition coefficient (Wildman–Crippen LogP) is 11.7. The lowest BCUT2D eigenvalue weighted by molar-refractivity contribution is -0.161. The maximum absolute atomic E-state index is 12.6. The number of aliphatic hydroxyl groups excluding tert-OH is 2. The number of phosphoric acid groups is 1. The van der Waals surface area contributed by atoms with Crippen molar-refractivity contribution in [1.82, 2.24) is 0 Å². The van der Waals surface area contributed by atoms with Crippen molar-refractivity contribution in [2.45, 2.75) is 180 Å². The van der Waals surface area contributed by atoms with Gasteiger partial charge >= 0.3 is 19.8 Å². The van der Waals surface area contributed by atoms with Gasteiger partial charge in [0.25, 0.3) is 0 Å². The zero-order valence-electron chi connectivity index (χ0n) is 35.5. The SMILES string of the molecule is CC/C=C\C/C=C\C/C=C\C/C=C\C/C=C\C/C=C\CCC(=O)OC(COC(=O)CCCCCCCCCCCCCCCCC)COP(=O)(O)OCC(O)CO. The van der Waals surface area contributed by atoms with Crippen LogP contribution in [0.4, 0.5) is 0 Å². The molecule has 0 amide bonds. The maximum atomic E-state index is 12.6. The van der Waals surface area contributed by atoms with Gasteiger partial charge in [-0.15, -0.1) is 0 Å². The van der Waals surface area contributed by atoms with Crippen molar-refractivity contribution in [3.63, 3.8) is 0 Å². The molecule has 0 aromatic carbocycles. The Morgan fingerprint density at radius 1 is 0.544 bits per heavy atom. The zero-order valence-corrected chi connectivity index (χ0v) is 36.4. The van der Waals surface area contributed by atoms with Gasteiger partial charge in [-0.25, -0.2) is 4.57 Å². The van der Waals surface area contributed by atoms with E-state index in [1.165, 1.54) is 70.6 Å². The van der Waals surface area contributed by atoms with Crippen LogP contribution in [0, 0.1) is 0 Å². The first-order valence-electron chi connectivity index (χ1n) is 21.9. The van der Waals surface area contributed by atoms with Gasteiger partial charge in [-0.1, -0.05) is 177 Å². The van der Waals surface area contributed by atoms with E-state index in [-0.39, 0.29) is 19.4 Å². The molecular weight excluding hydrogens is 743 g/mol. The minimum Gasteiger partial charge on any atom is -0.462 e. The number of carbonyl (C=O) groups is 2. The van der Waals surface area contributed by atoms with Gasteiger partial charge < -0.3 is 24.6 Å². The van der Waals surface area contributed by atoms with Crippen LogP contribution in [-0.2, 0) is 32.7 Å². The summed E-state index contributed by atoms with van der Waals surface area (Å²) in [5, 5.41) is 18.3. The number of allylic oxidation sites excluding steroid dienone is 12. The minimum atomic E-state index is -4.64. The van der Waals surface area contributed by atoms with E-state index >= 15 is 0 Å². The summed E-state index contributed by atoms with van der Waals surface area (Å²) in [6, 6.07) is 0. The Hall–Kier alpha value is -2.59. The molecule has 0 heterocycles. The molecule has 0 bridgehead atoms. The Morgan fingerprint density at radius 3 is 1.42 bits per heavy atom. The standard InChI is InChI=1S/C46H79O10P/c1-3-5-7-9-11-13-15-17-19-20-21-22-24-26-28-30-32-34-36-38-46(50)56-44(42-55-57(51,52)54-40-43(48)39-47)41-53-45(49)37-35-33-31-29-27-25-23-18-16-14-12-10-8-6-4-2/h5,7,11,13,17,19,21-22,26,28,32,34,43-44,47-48H,3-4,6,8-10,12,14-16,18,20,23-25,27,29-31,33,35-42H2,1-2H3,(H,51,52)/b7-5-,13-11-,19-17-,22-21-,28-26-,34-32-. The molecule has 0 aromatic rings. The molecule has 0 rings (SSSR count). The molecule has 3 unspecified atom stereocenters. The molecule has 0 aromatic heterocycles. The number of hydrogen-bond acceptors (Lipinski definition) is 9. The fraction of sp³-hybridized carbons (Fsp3) is 0.696. The van der Waals surface area contributed by atoms with Crippen LogP contribution in [0.25, 0.3) is 0 Å². The van der Waals surface area contributed by atoms with Gasteiger partial charge in [0.15, 0.2) is 6.10 Å². The van der Waals surface area contributed by atoms with Gasteiger partial charge in [0, 0.05) is 12.8 Å². The first-order valence-corrected chi connectivity index (χ1v) is 23.4. The second kappa shape index (κ2) is 41.6. The highest BCUT2D eigenvalue weighted by atomic mass is 31.2. The molecular formula is C46H79O10P. The first kappa shape index (κ1) is 54.4. The third kappa shape index (κ3) is 41.4. The van der Waals surface area contributed by atoms with Gasteiger partial charge in [-0.3, -0.25) is 18.6 Å². The van der Waals surface area contributed by atoms with E-state index in [0.29, 0.717) is 12.8 Å².